The summed E-state index contributed by atoms with van der Waals surface area (Å²) in [6, 6.07) is 4.85. The molecule has 0 spiro atoms. The second-order valence-corrected chi connectivity index (χ2v) is 9.47. The van der Waals surface area contributed by atoms with E-state index in [0.717, 1.165) is 11.7 Å². The third-order valence-corrected chi connectivity index (χ3v) is 6.93. The maximum Gasteiger partial charge on any atom is 0.245 e. The molecule has 9 nitrogen and oxygen atoms in total. The first-order valence-electron chi connectivity index (χ1n) is 9.07. The Hall–Kier alpha value is -2.11. The number of fused-ring (bicyclic) bond motifs is 1. The fourth-order valence-corrected chi connectivity index (χ4v) is 5.46. The van der Waals surface area contributed by atoms with Crippen LogP contribution in [-0.2, 0) is 19.6 Å². The van der Waals surface area contributed by atoms with Gasteiger partial charge in [0.2, 0.25) is 21.8 Å². The maximum atomic E-state index is 13.1. The van der Waals surface area contributed by atoms with Crippen LogP contribution in [0.2, 0.25) is 0 Å². The van der Waals surface area contributed by atoms with Crippen LogP contribution in [0.4, 0.5) is 0 Å². The van der Waals surface area contributed by atoms with E-state index in [2.05, 4.69) is 19.4 Å². The Balaban J connectivity index is 1.69. The van der Waals surface area contributed by atoms with Crippen molar-refractivity contribution in [3.8, 4) is 0 Å². The van der Waals surface area contributed by atoms with Crippen molar-refractivity contribution in [1.82, 2.24) is 23.7 Å². The van der Waals surface area contributed by atoms with Gasteiger partial charge in [0.15, 0.2) is 0 Å². The molecule has 28 heavy (non-hydrogen) atoms. The smallest absolute Gasteiger partial charge is 0.245 e. The molecule has 2 aromatic rings. The molecular formula is C17H23N5O4S2. The lowest BCUT2D eigenvalue weighted by Crippen LogP contribution is -2.47. The zero-order chi connectivity index (χ0) is 20.3. The van der Waals surface area contributed by atoms with E-state index in [1.54, 1.807) is 12.1 Å². The lowest BCUT2D eigenvalue weighted by atomic mass is 9.99. The Bertz CT molecular complexity index is 973. The van der Waals surface area contributed by atoms with Gasteiger partial charge in [0, 0.05) is 19.1 Å². The molecule has 2 N–H and O–H groups in total. The summed E-state index contributed by atoms with van der Waals surface area (Å²) in [5.74, 6) is -1.08. The molecule has 1 fully saturated rings. The Morgan fingerprint density at radius 3 is 2.86 bits per heavy atom. The lowest BCUT2D eigenvalue weighted by Gasteiger charge is -2.31. The summed E-state index contributed by atoms with van der Waals surface area (Å²) in [6.07, 6.45) is 1.15. The molecule has 0 saturated carbocycles. The van der Waals surface area contributed by atoms with E-state index in [4.69, 9.17) is 0 Å². The summed E-state index contributed by atoms with van der Waals surface area (Å²) in [4.78, 5) is 24.2. The number of nitrogens with one attached hydrogen (secondary N) is 2. The van der Waals surface area contributed by atoms with Crippen molar-refractivity contribution < 1.29 is 18.0 Å². The highest BCUT2D eigenvalue weighted by Crippen LogP contribution is 2.28. The van der Waals surface area contributed by atoms with Gasteiger partial charge in [-0.15, -0.1) is 0 Å². The quantitative estimate of drug-likeness (QED) is 0.704. The molecule has 1 saturated heterocycles. The van der Waals surface area contributed by atoms with E-state index >= 15 is 0 Å². The molecule has 3 rings (SSSR count). The predicted octanol–water partition coefficient (Wildman–Crippen LogP) is 0.733. The number of hydrogen-bond acceptors (Lipinski definition) is 7. The number of carbonyl (C=O) groups is 2. The van der Waals surface area contributed by atoms with E-state index in [-0.39, 0.29) is 35.8 Å². The van der Waals surface area contributed by atoms with Crippen molar-refractivity contribution in [3.63, 3.8) is 0 Å². The molecule has 0 unspecified atom stereocenters. The van der Waals surface area contributed by atoms with Gasteiger partial charge in [-0.05, 0) is 38.8 Å². The Kier molecular flexibility index (Phi) is 6.26. The zero-order valence-electron chi connectivity index (χ0n) is 15.7. The van der Waals surface area contributed by atoms with E-state index in [0.29, 0.717) is 30.4 Å². The van der Waals surface area contributed by atoms with Crippen molar-refractivity contribution in [2.75, 3.05) is 19.6 Å². The summed E-state index contributed by atoms with van der Waals surface area (Å²) in [6.45, 7) is 3.97. The third-order valence-electron chi connectivity index (χ3n) is 4.49. The molecule has 11 heteroatoms. The minimum atomic E-state index is -3.79. The number of aromatic nitrogens is 2. The number of carbonyl (C=O) groups excluding carboxylic acids is 2. The Morgan fingerprint density at radius 2 is 2.11 bits per heavy atom. The van der Waals surface area contributed by atoms with Gasteiger partial charge < -0.3 is 10.6 Å². The fraction of sp³-hybridized carbons (Fsp3) is 0.529. The number of hydrogen-bond donors (Lipinski definition) is 2. The lowest BCUT2D eigenvalue weighted by molar-refractivity contribution is -0.129. The zero-order valence-corrected chi connectivity index (χ0v) is 17.3. The van der Waals surface area contributed by atoms with Gasteiger partial charge in [-0.3, -0.25) is 9.59 Å². The molecule has 0 radical (unpaired) electrons. The maximum absolute atomic E-state index is 13.1. The molecule has 152 valence electrons. The second-order valence-electron chi connectivity index (χ2n) is 7.03. The number of amides is 2. The van der Waals surface area contributed by atoms with Crippen LogP contribution in [0.1, 0.15) is 26.7 Å². The standard InChI is InChI=1S/C17H23N5O4S2/c1-11(2)19-15(23)9-18-17(24)12-5-4-8-22(10-12)28(25,26)14-7-3-6-13-16(14)21-27-20-13/h3,6-7,11-12H,4-5,8-10H2,1-2H3,(H,18,24)(H,19,23)/t12-/m1/s1. The van der Waals surface area contributed by atoms with E-state index < -0.39 is 15.9 Å². The number of sulfonamides is 1. The molecule has 2 heterocycles. The predicted molar refractivity (Wildman–Crippen MR) is 105 cm³/mol. The van der Waals surface area contributed by atoms with Crippen LogP contribution in [0, 0.1) is 5.92 Å². The first-order valence-corrected chi connectivity index (χ1v) is 11.2. The number of rotatable bonds is 6. The van der Waals surface area contributed by atoms with Gasteiger partial charge in [0.05, 0.1) is 24.2 Å². The van der Waals surface area contributed by atoms with Gasteiger partial charge in [-0.1, -0.05) is 6.07 Å². The molecule has 1 aliphatic rings. The Morgan fingerprint density at radius 1 is 1.32 bits per heavy atom. The van der Waals surface area contributed by atoms with Crippen LogP contribution in [-0.4, -0.2) is 59.0 Å². The molecule has 2 amide bonds. The number of nitrogens with zero attached hydrogens (tertiary/aromatic N) is 3. The second kappa shape index (κ2) is 8.50. The van der Waals surface area contributed by atoms with Gasteiger partial charge in [0.25, 0.3) is 0 Å². The minimum Gasteiger partial charge on any atom is -0.352 e. The molecule has 1 aromatic carbocycles. The summed E-state index contributed by atoms with van der Waals surface area (Å²) >= 11 is 0.964. The summed E-state index contributed by atoms with van der Waals surface area (Å²) in [5.41, 5.74) is 0.887. The van der Waals surface area contributed by atoms with Crippen molar-refractivity contribution in [2.45, 2.75) is 37.6 Å². The monoisotopic (exact) mass is 425 g/mol. The van der Waals surface area contributed by atoms with Crippen LogP contribution >= 0.6 is 11.7 Å². The van der Waals surface area contributed by atoms with Crippen LogP contribution in [0.25, 0.3) is 11.0 Å². The van der Waals surface area contributed by atoms with Crippen molar-refractivity contribution in [3.05, 3.63) is 18.2 Å². The van der Waals surface area contributed by atoms with Crippen LogP contribution < -0.4 is 10.6 Å². The summed E-state index contributed by atoms with van der Waals surface area (Å²) < 4.78 is 35.8. The van der Waals surface area contributed by atoms with Crippen molar-refractivity contribution in [1.29, 1.82) is 0 Å². The SMILES string of the molecule is CC(C)NC(=O)CNC(=O)[C@@H]1CCCN(S(=O)(=O)c2cccc3nsnc23)C1. The molecule has 1 aromatic heterocycles. The molecule has 1 atom stereocenters. The van der Waals surface area contributed by atoms with Gasteiger partial charge in [0.1, 0.15) is 15.9 Å². The minimum absolute atomic E-state index is 0.0115. The summed E-state index contributed by atoms with van der Waals surface area (Å²) in [7, 11) is -3.79. The van der Waals surface area contributed by atoms with Crippen LogP contribution in [0.5, 0.6) is 0 Å². The van der Waals surface area contributed by atoms with E-state index in [1.807, 2.05) is 13.8 Å². The fourth-order valence-electron chi connectivity index (χ4n) is 3.19. The van der Waals surface area contributed by atoms with Gasteiger partial charge in [-0.25, -0.2) is 8.42 Å². The first kappa shape index (κ1) is 20.6. The molecule has 1 aliphatic heterocycles. The first-order chi connectivity index (χ1) is 13.3. The normalized spacial score (nSPS) is 18.3. The van der Waals surface area contributed by atoms with Gasteiger partial charge in [-0.2, -0.15) is 13.1 Å². The third kappa shape index (κ3) is 4.47. The number of piperidine rings is 1. The Labute approximate surface area is 167 Å². The molecular weight excluding hydrogens is 402 g/mol. The average molecular weight is 426 g/mol. The highest BCUT2D eigenvalue weighted by atomic mass is 32.2. The topological polar surface area (TPSA) is 121 Å². The van der Waals surface area contributed by atoms with E-state index in [9.17, 15) is 18.0 Å². The van der Waals surface area contributed by atoms with Crippen LogP contribution in [0.3, 0.4) is 0 Å². The summed E-state index contributed by atoms with van der Waals surface area (Å²) in [5, 5.41) is 5.30. The van der Waals surface area contributed by atoms with Crippen molar-refractivity contribution in [2.24, 2.45) is 5.92 Å². The van der Waals surface area contributed by atoms with Crippen LogP contribution in [0.15, 0.2) is 23.1 Å². The molecule has 0 bridgehead atoms. The number of benzene rings is 1. The van der Waals surface area contributed by atoms with E-state index in [1.165, 1.54) is 10.4 Å². The highest BCUT2D eigenvalue weighted by Gasteiger charge is 2.34. The highest BCUT2D eigenvalue weighted by molar-refractivity contribution is 7.89. The molecule has 0 aliphatic carbocycles. The largest absolute Gasteiger partial charge is 0.352 e. The average Bonchev–Trinajstić information content (AvgIpc) is 3.14. The van der Waals surface area contributed by atoms with Crippen molar-refractivity contribution >= 4 is 44.6 Å². The van der Waals surface area contributed by atoms with Gasteiger partial charge >= 0.3 is 0 Å².